The highest BCUT2D eigenvalue weighted by atomic mass is 32.2. The third kappa shape index (κ3) is 6.28. The molecule has 8 heteroatoms. The molecule has 0 unspecified atom stereocenters. The number of hydrogen-bond donors (Lipinski definition) is 0. The summed E-state index contributed by atoms with van der Waals surface area (Å²) in [4.78, 5) is 9.54. The van der Waals surface area contributed by atoms with Gasteiger partial charge < -0.3 is 19.6 Å². The minimum atomic E-state index is 0.884. The minimum absolute atomic E-state index is 0.884. The quantitative estimate of drug-likeness (QED) is 0.451. The van der Waals surface area contributed by atoms with Crippen molar-refractivity contribution in [1.29, 1.82) is 0 Å². The van der Waals surface area contributed by atoms with Crippen LogP contribution in [0.5, 0.6) is 0 Å². The maximum Gasteiger partial charge on any atom is 0.137 e. The van der Waals surface area contributed by atoms with Crippen LogP contribution >= 0.6 is 48.0 Å². The van der Waals surface area contributed by atoms with Crippen molar-refractivity contribution in [2.24, 2.45) is 0 Å². The van der Waals surface area contributed by atoms with Crippen LogP contribution in [0, 0.1) is 0 Å². The molecule has 0 N–H and O–H groups in total. The number of thiocarbonyl (C=S) groups is 2. The average Bonchev–Trinajstić information content (AvgIpc) is 2.85. The van der Waals surface area contributed by atoms with Gasteiger partial charge >= 0.3 is 0 Å². The maximum atomic E-state index is 5.70. The summed E-state index contributed by atoms with van der Waals surface area (Å²) in [5, 5.41) is 0.884. The molecule has 4 rings (SSSR count). The van der Waals surface area contributed by atoms with E-state index in [9.17, 15) is 0 Å². The standard InChI is InChI=1S/C23H28N4S4/c28-22(26-15-11-24(12-16-26)20-7-3-1-4-8-20)30-19-31-23(29)27-17-13-25(14-18-27)21-9-5-2-6-10-21/h1-10H,11-19H2. The SMILES string of the molecule is S=C(SCSC(=S)N1CCN(c2ccccc2)CC1)N1CCN(c2ccccc2)CC1. The van der Waals surface area contributed by atoms with E-state index >= 15 is 0 Å². The van der Waals surface area contributed by atoms with E-state index in [1.54, 1.807) is 23.5 Å². The lowest BCUT2D eigenvalue weighted by Gasteiger charge is -2.37. The summed E-state index contributed by atoms with van der Waals surface area (Å²) in [5.74, 6) is 0. The summed E-state index contributed by atoms with van der Waals surface area (Å²) >= 11 is 14.9. The van der Waals surface area contributed by atoms with Crippen molar-refractivity contribution in [1.82, 2.24) is 9.80 Å². The van der Waals surface area contributed by atoms with Gasteiger partial charge in [-0.3, -0.25) is 0 Å². The van der Waals surface area contributed by atoms with Crippen molar-refractivity contribution in [2.45, 2.75) is 0 Å². The van der Waals surface area contributed by atoms with Gasteiger partial charge in [0.25, 0.3) is 0 Å². The van der Waals surface area contributed by atoms with Gasteiger partial charge in [-0.1, -0.05) is 84.4 Å². The average molecular weight is 489 g/mol. The van der Waals surface area contributed by atoms with Gasteiger partial charge in [0.05, 0.1) is 5.08 Å². The van der Waals surface area contributed by atoms with E-state index in [4.69, 9.17) is 24.4 Å². The molecule has 0 bridgehead atoms. The van der Waals surface area contributed by atoms with E-state index in [1.807, 2.05) is 0 Å². The molecule has 4 nitrogen and oxygen atoms in total. The molecule has 0 amide bonds. The zero-order chi connectivity index (χ0) is 21.5. The van der Waals surface area contributed by atoms with Crippen molar-refractivity contribution >= 4 is 68.0 Å². The Kier molecular flexibility index (Phi) is 8.35. The topological polar surface area (TPSA) is 13.0 Å². The summed E-state index contributed by atoms with van der Waals surface area (Å²) < 4.78 is 1.99. The monoisotopic (exact) mass is 488 g/mol. The Morgan fingerprint density at radius 2 is 0.935 bits per heavy atom. The Bertz CT molecular complexity index is 777. The molecule has 2 aliphatic rings. The van der Waals surface area contributed by atoms with Crippen molar-refractivity contribution in [2.75, 3.05) is 67.2 Å². The molecule has 0 aliphatic carbocycles. The molecule has 2 heterocycles. The Balaban J connectivity index is 1.14. The Hall–Kier alpha value is -1.48. The normalized spacial score (nSPS) is 17.0. The fraction of sp³-hybridized carbons (Fsp3) is 0.391. The van der Waals surface area contributed by atoms with Crippen molar-refractivity contribution < 1.29 is 0 Å². The lowest BCUT2D eigenvalue weighted by atomic mass is 10.2. The Morgan fingerprint density at radius 1 is 0.581 bits per heavy atom. The van der Waals surface area contributed by atoms with Crippen molar-refractivity contribution in [3.8, 4) is 0 Å². The number of hydrogen-bond acceptors (Lipinski definition) is 6. The number of rotatable bonds is 4. The van der Waals surface area contributed by atoms with Gasteiger partial charge in [-0.25, -0.2) is 0 Å². The highest BCUT2D eigenvalue weighted by Gasteiger charge is 2.21. The molecule has 2 aromatic rings. The third-order valence-corrected chi connectivity index (χ3v) is 8.86. The van der Waals surface area contributed by atoms with Gasteiger partial charge in [-0.15, -0.1) is 0 Å². The van der Waals surface area contributed by atoms with Crippen LogP contribution in [0.1, 0.15) is 0 Å². The molecule has 31 heavy (non-hydrogen) atoms. The molecule has 0 atom stereocenters. The summed E-state index contributed by atoms with van der Waals surface area (Å²) in [6.07, 6.45) is 0. The largest absolute Gasteiger partial charge is 0.368 e. The number of thioether (sulfide) groups is 2. The summed E-state index contributed by atoms with van der Waals surface area (Å²) in [7, 11) is 0. The maximum absolute atomic E-state index is 5.70. The number of nitrogens with zero attached hydrogens (tertiary/aromatic N) is 4. The number of benzene rings is 2. The van der Waals surface area contributed by atoms with Crippen LogP contribution in [0.15, 0.2) is 60.7 Å². The van der Waals surface area contributed by atoms with Gasteiger partial charge in [0.15, 0.2) is 0 Å². The molecular formula is C23H28N4S4. The molecule has 0 saturated carbocycles. The van der Waals surface area contributed by atoms with E-state index in [2.05, 4.69) is 80.3 Å². The van der Waals surface area contributed by atoms with E-state index in [-0.39, 0.29) is 0 Å². The fourth-order valence-corrected chi connectivity index (χ4v) is 6.89. The van der Waals surface area contributed by atoms with Crippen LogP contribution in [0.2, 0.25) is 0 Å². The van der Waals surface area contributed by atoms with Crippen LogP contribution in [0.25, 0.3) is 0 Å². The lowest BCUT2D eigenvalue weighted by molar-refractivity contribution is 0.397. The van der Waals surface area contributed by atoms with E-state index in [1.165, 1.54) is 11.4 Å². The van der Waals surface area contributed by atoms with Crippen LogP contribution in [-0.4, -0.2) is 75.9 Å². The van der Waals surface area contributed by atoms with Gasteiger partial charge in [0.2, 0.25) is 0 Å². The van der Waals surface area contributed by atoms with Crippen LogP contribution in [0.4, 0.5) is 11.4 Å². The second kappa shape index (κ2) is 11.4. The first-order valence-corrected chi connectivity index (χ1v) is 13.4. The van der Waals surface area contributed by atoms with Gasteiger partial charge in [-0.05, 0) is 24.3 Å². The summed E-state index contributed by atoms with van der Waals surface area (Å²) in [5.41, 5.74) is 2.60. The first kappa shape index (κ1) is 22.7. The second-order valence-electron chi connectivity index (χ2n) is 7.56. The minimum Gasteiger partial charge on any atom is -0.368 e. The van der Waals surface area contributed by atoms with E-state index in [0.29, 0.717) is 0 Å². The molecule has 2 fully saturated rings. The summed E-state index contributed by atoms with van der Waals surface area (Å²) in [6.45, 7) is 8.00. The summed E-state index contributed by atoms with van der Waals surface area (Å²) in [6, 6.07) is 21.3. The van der Waals surface area contributed by atoms with Crippen LogP contribution < -0.4 is 9.80 Å². The number of piperazine rings is 2. The zero-order valence-electron chi connectivity index (χ0n) is 17.6. The molecule has 2 aromatic carbocycles. The van der Waals surface area contributed by atoms with Gasteiger partial charge in [0.1, 0.15) is 8.64 Å². The molecule has 164 valence electrons. The highest BCUT2D eigenvalue weighted by molar-refractivity contribution is 8.35. The van der Waals surface area contributed by atoms with E-state index in [0.717, 1.165) is 66.1 Å². The first-order chi connectivity index (χ1) is 15.2. The number of anilines is 2. The first-order valence-electron chi connectivity index (χ1n) is 10.6. The third-order valence-electron chi connectivity index (χ3n) is 5.68. The molecule has 2 aliphatic heterocycles. The predicted molar refractivity (Wildman–Crippen MR) is 146 cm³/mol. The lowest BCUT2D eigenvalue weighted by Crippen LogP contribution is -2.48. The molecule has 0 aromatic heterocycles. The smallest absolute Gasteiger partial charge is 0.137 e. The number of para-hydroxylation sites is 2. The van der Waals surface area contributed by atoms with Crippen molar-refractivity contribution in [3.05, 3.63) is 60.7 Å². The molecule has 0 spiro atoms. The molecule has 2 saturated heterocycles. The van der Waals surface area contributed by atoms with Gasteiger partial charge in [0, 0.05) is 63.7 Å². The molecular weight excluding hydrogens is 461 g/mol. The second-order valence-corrected chi connectivity index (χ2v) is 11.1. The Labute approximate surface area is 204 Å². The van der Waals surface area contributed by atoms with Crippen molar-refractivity contribution in [3.63, 3.8) is 0 Å². The van der Waals surface area contributed by atoms with E-state index < -0.39 is 0 Å². The van der Waals surface area contributed by atoms with Gasteiger partial charge in [-0.2, -0.15) is 0 Å². The fourth-order valence-electron chi connectivity index (χ4n) is 3.88. The highest BCUT2D eigenvalue weighted by Crippen LogP contribution is 2.23. The Morgan fingerprint density at radius 3 is 1.29 bits per heavy atom. The zero-order valence-corrected chi connectivity index (χ0v) is 20.8. The molecule has 0 radical (unpaired) electrons. The van der Waals surface area contributed by atoms with Crippen LogP contribution in [-0.2, 0) is 0 Å². The predicted octanol–water partition coefficient (Wildman–Crippen LogP) is 4.62. The van der Waals surface area contributed by atoms with Crippen LogP contribution in [0.3, 0.4) is 0 Å².